The lowest BCUT2D eigenvalue weighted by molar-refractivity contribution is -0.142. The Kier molecular flexibility index (Phi) is 8.67. The first-order valence-electron chi connectivity index (χ1n) is 11.4. The van der Waals surface area contributed by atoms with E-state index in [0.29, 0.717) is 26.2 Å². The number of hydrogen-bond donors (Lipinski definition) is 0. The van der Waals surface area contributed by atoms with Gasteiger partial charge in [-0.05, 0) is 46.2 Å². The molecule has 1 atom stereocenters. The minimum atomic E-state index is -0.345. The van der Waals surface area contributed by atoms with E-state index in [1.165, 1.54) is 12.7 Å². The molecule has 0 saturated heterocycles. The average molecular weight is 447 g/mol. The first-order chi connectivity index (χ1) is 15.9. The number of methoxy groups -OCH3 is 1. The van der Waals surface area contributed by atoms with E-state index in [-0.39, 0.29) is 17.3 Å². The molecule has 0 N–H and O–H groups in total. The first-order valence-corrected chi connectivity index (χ1v) is 11.4. The standard InChI is InChI=1S/C29H34O4/c1-29(2,3)25-14-12-24(13-15-25)27(28(30)31-4)20-22-10-16-26(17-11-22)33-19-18-32-21-23-8-6-5-7-9-23/h5-17,27H,18-21H2,1-4H3. The highest BCUT2D eigenvalue weighted by molar-refractivity contribution is 5.78. The predicted molar refractivity (Wildman–Crippen MR) is 132 cm³/mol. The number of rotatable bonds is 10. The van der Waals surface area contributed by atoms with Crippen molar-refractivity contribution in [2.75, 3.05) is 20.3 Å². The van der Waals surface area contributed by atoms with Crippen LogP contribution in [0.5, 0.6) is 5.75 Å². The number of carbonyl (C=O) groups excluding carboxylic acids is 1. The van der Waals surface area contributed by atoms with Gasteiger partial charge in [0.1, 0.15) is 12.4 Å². The quantitative estimate of drug-likeness (QED) is 0.280. The van der Waals surface area contributed by atoms with E-state index in [4.69, 9.17) is 14.2 Å². The third-order valence-corrected chi connectivity index (χ3v) is 5.64. The molecule has 3 rings (SSSR count). The molecule has 0 heterocycles. The fourth-order valence-corrected chi connectivity index (χ4v) is 3.64. The summed E-state index contributed by atoms with van der Waals surface area (Å²) in [5, 5.41) is 0. The van der Waals surface area contributed by atoms with E-state index >= 15 is 0 Å². The SMILES string of the molecule is COC(=O)C(Cc1ccc(OCCOCc2ccccc2)cc1)c1ccc(C(C)(C)C)cc1. The lowest BCUT2D eigenvalue weighted by Gasteiger charge is -2.21. The van der Waals surface area contributed by atoms with Crippen molar-refractivity contribution in [1.29, 1.82) is 0 Å². The second kappa shape index (κ2) is 11.7. The van der Waals surface area contributed by atoms with E-state index in [9.17, 15) is 4.79 Å². The zero-order valence-corrected chi connectivity index (χ0v) is 20.0. The van der Waals surface area contributed by atoms with Gasteiger partial charge >= 0.3 is 5.97 Å². The summed E-state index contributed by atoms with van der Waals surface area (Å²) in [6.45, 7) is 8.12. The van der Waals surface area contributed by atoms with Crippen molar-refractivity contribution in [3.8, 4) is 5.75 Å². The summed E-state index contributed by atoms with van der Waals surface area (Å²) in [6, 6.07) is 26.2. The molecule has 33 heavy (non-hydrogen) atoms. The van der Waals surface area contributed by atoms with Crippen LogP contribution in [0.1, 0.15) is 48.9 Å². The smallest absolute Gasteiger partial charge is 0.313 e. The highest BCUT2D eigenvalue weighted by Crippen LogP contribution is 2.27. The van der Waals surface area contributed by atoms with Crippen molar-refractivity contribution in [2.45, 2.75) is 45.1 Å². The Hall–Kier alpha value is -3.11. The van der Waals surface area contributed by atoms with Gasteiger partial charge < -0.3 is 14.2 Å². The molecule has 1 unspecified atom stereocenters. The highest BCUT2D eigenvalue weighted by Gasteiger charge is 2.23. The maximum absolute atomic E-state index is 12.5. The van der Waals surface area contributed by atoms with Gasteiger partial charge in [0.15, 0.2) is 0 Å². The van der Waals surface area contributed by atoms with Crippen molar-refractivity contribution in [3.05, 3.63) is 101 Å². The molecule has 0 saturated carbocycles. The molecule has 0 aliphatic rings. The molecule has 4 nitrogen and oxygen atoms in total. The summed E-state index contributed by atoms with van der Waals surface area (Å²) in [7, 11) is 1.44. The van der Waals surface area contributed by atoms with Crippen molar-refractivity contribution in [1.82, 2.24) is 0 Å². The largest absolute Gasteiger partial charge is 0.491 e. The summed E-state index contributed by atoms with van der Waals surface area (Å²) in [4.78, 5) is 12.5. The molecule has 0 aliphatic carbocycles. The third kappa shape index (κ3) is 7.47. The molecular formula is C29H34O4. The van der Waals surface area contributed by atoms with Gasteiger partial charge in [0, 0.05) is 0 Å². The first kappa shape index (κ1) is 24.5. The van der Waals surface area contributed by atoms with Gasteiger partial charge in [0.05, 0.1) is 26.2 Å². The van der Waals surface area contributed by atoms with Crippen LogP contribution < -0.4 is 4.74 Å². The fourth-order valence-electron chi connectivity index (χ4n) is 3.64. The van der Waals surface area contributed by atoms with Gasteiger partial charge in [-0.15, -0.1) is 0 Å². The lowest BCUT2D eigenvalue weighted by Crippen LogP contribution is -2.17. The number of ether oxygens (including phenoxy) is 3. The Balaban J connectivity index is 1.54. The van der Waals surface area contributed by atoms with Crippen LogP contribution in [0.4, 0.5) is 0 Å². The summed E-state index contributed by atoms with van der Waals surface area (Å²) >= 11 is 0. The highest BCUT2D eigenvalue weighted by atomic mass is 16.5. The molecule has 0 fully saturated rings. The van der Waals surface area contributed by atoms with Gasteiger partial charge in [0.25, 0.3) is 0 Å². The molecular weight excluding hydrogens is 412 g/mol. The zero-order chi connectivity index (χ0) is 23.7. The van der Waals surface area contributed by atoms with Crippen LogP contribution in [0.3, 0.4) is 0 Å². The molecule has 174 valence electrons. The number of esters is 1. The number of benzene rings is 3. The molecule has 0 aromatic heterocycles. The number of carbonyl (C=O) groups is 1. The molecule has 0 spiro atoms. The van der Waals surface area contributed by atoms with E-state index in [0.717, 1.165) is 22.4 Å². The van der Waals surface area contributed by atoms with Crippen LogP contribution in [0.2, 0.25) is 0 Å². The normalized spacial score (nSPS) is 12.2. The summed E-state index contributed by atoms with van der Waals surface area (Å²) in [6.07, 6.45) is 0.571. The molecule has 0 bridgehead atoms. The zero-order valence-electron chi connectivity index (χ0n) is 20.0. The van der Waals surface area contributed by atoms with Gasteiger partial charge in [-0.1, -0.05) is 87.5 Å². The Morgan fingerprint density at radius 2 is 1.48 bits per heavy atom. The average Bonchev–Trinajstić information content (AvgIpc) is 2.83. The molecule has 4 heteroatoms. The maximum Gasteiger partial charge on any atom is 0.313 e. The second-order valence-electron chi connectivity index (χ2n) is 9.18. The van der Waals surface area contributed by atoms with Crippen molar-refractivity contribution in [2.24, 2.45) is 0 Å². The molecule has 3 aromatic rings. The Bertz CT molecular complexity index is 987. The van der Waals surface area contributed by atoms with Crippen LogP contribution in [0.25, 0.3) is 0 Å². The van der Waals surface area contributed by atoms with Gasteiger partial charge in [-0.2, -0.15) is 0 Å². The molecule has 3 aromatic carbocycles. The van der Waals surface area contributed by atoms with Crippen molar-refractivity contribution < 1.29 is 19.0 Å². The van der Waals surface area contributed by atoms with Crippen LogP contribution in [-0.2, 0) is 32.7 Å². The fraction of sp³-hybridized carbons (Fsp3) is 0.345. The van der Waals surface area contributed by atoms with E-state index in [2.05, 4.69) is 32.9 Å². The van der Waals surface area contributed by atoms with Crippen LogP contribution in [0.15, 0.2) is 78.9 Å². The van der Waals surface area contributed by atoms with Crippen molar-refractivity contribution >= 4 is 5.97 Å². The second-order valence-corrected chi connectivity index (χ2v) is 9.18. The van der Waals surface area contributed by atoms with Gasteiger partial charge in [-0.25, -0.2) is 0 Å². The summed E-state index contributed by atoms with van der Waals surface area (Å²) < 4.78 is 16.5. The topological polar surface area (TPSA) is 44.8 Å². The van der Waals surface area contributed by atoms with Crippen molar-refractivity contribution in [3.63, 3.8) is 0 Å². The molecule has 0 radical (unpaired) electrons. The minimum Gasteiger partial charge on any atom is -0.491 e. The summed E-state index contributed by atoms with van der Waals surface area (Å²) in [5.74, 6) is 0.211. The predicted octanol–water partition coefficient (Wildman–Crippen LogP) is 6.08. The van der Waals surface area contributed by atoms with E-state index in [1.54, 1.807) is 0 Å². The van der Waals surface area contributed by atoms with Gasteiger partial charge in [-0.3, -0.25) is 4.79 Å². The Morgan fingerprint density at radius 1 is 0.818 bits per heavy atom. The monoisotopic (exact) mass is 446 g/mol. The minimum absolute atomic E-state index is 0.0711. The summed E-state index contributed by atoms with van der Waals surface area (Å²) in [5.41, 5.74) is 4.48. The van der Waals surface area contributed by atoms with Crippen LogP contribution >= 0.6 is 0 Å². The lowest BCUT2D eigenvalue weighted by atomic mass is 9.84. The maximum atomic E-state index is 12.5. The van der Waals surface area contributed by atoms with E-state index < -0.39 is 0 Å². The molecule has 0 amide bonds. The molecule has 0 aliphatic heterocycles. The Labute approximate surface area is 197 Å². The van der Waals surface area contributed by atoms with Crippen LogP contribution in [0, 0.1) is 0 Å². The Morgan fingerprint density at radius 3 is 2.09 bits per heavy atom. The van der Waals surface area contributed by atoms with Crippen LogP contribution in [-0.4, -0.2) is 26.3 Å². The number of hydrogen-bond acceptors (Lipinski definition) is 4. The third-order valence-electron chi connectivity index (χ3n) is 5.64. The van der Waals surface area contributed by atoms with Gasteiger partial charge in [0.2, 0.25) is 0 Å². The van der Waals surface area contributed by atoms with E-state index in [1.807, 2.05) is 66.7 Å².